The molecule has 3 aliphatic heterocycles. The molecule has 7 heterocycles. The number of amides is 1. The molecule has 67 heavy (non-hydrogen) atoms. The summed E-state index contributed by atoms with van der Waals surface area (Å²) in [6.45, 7) is 10.7. The van der Waals surface area contributed by atoms with E-state index >= 15 is 9.18 Å². The van der Waals surface area contributed by atoms with Gasteiger partial charge in [0, 0.05) is 85.8 Å². The molecule has 1 aliphatic carbocycles. The van der Waals surface area contributed by atoms with E-state index in [1.807, 2.05) is 53.8 Å². The third-order valence-corrected chi connectivity index (χ3v) is 18.0. The topological polar surface area (TPSA) is 158 Å². The number of nitrogens with zero attached hydrogens (tertiary/aromatic N) is 8. The van der Waals surface area contributed by atoms with Crippen LogP contribution in [0, 0.1) is 25.6 Å². The van der Waals surface area contributed by atoms with Crippen molar-refractivity contribution in [2.75, 3.05) is 52.2 Å². The Morgan fingerprint density at radius 2 is 1.60 bits per heavy atom. The van der Waals surface area contributed by atoms with Crippen LogP contribution in [-0.2, 0) is 21.3 Å². The second-order valence-electron chi connectivity index (χ2n) is 18.9. The summed E-state index contributed by atoms with van der Waals surface area (Å²) in [5, 5.41) is 11.0. The summed E-state index contributed by atoms with van der Waals surface area (Å²) in [6.07, 6.45) is 7.50. The summed E-state index contributed by atoms with van der Waals surface area (Å²) in [6, 6.07) is 18.7. The minimum absolute atomic E-state index is 0. The lowest BCUT2D eigenvalue weighted by Crippen LogP contribution is -2.41. The van der Waals surface area contributed by atoms with E-state index in [-0.39, 0.29) is 35.7 Å². The first-order valence-corrected chi connectivity index (χ1v) is 25.0. The monoisotopic (exact) mass is 949 g/mol. The lowest BCUT2D eigenvalue weighted by Gasteiger charge is -2.34. The Balaban J connectivity index is 0.00000525. The Morgan fingerprint density at radius 1 is 0.910 bits per heavy atom. The highest BCUT2D eigenvalue weighted by Crippen LogP contribution is 2.56. The number of ether oxygens (including phenoxy) is 1. The highest BCUT2D eigenvalue weighted by molar-refractivity contribution is 7.71. The van der Waals surface area contributed by atoms with E-state index < -0.39 is 24.5 Å². The minimum Gasteiger partial charge on any atom is -0.381 e. The molecule has 7 aromatic rings. The smallest absolute Gasteiger partial charge is 0.381 e. The number of aromatic amines is 1. The van der Waals surface area contributed by atoms with Crippen molar-refractivity contribution in [3.8, 4) is 17.2 Å². The van der Waals surface area contributed by atoms with Crippen LogP contribution in [0.4, 0.5) is 4.39 Å². The summed E-state index contributed by atoms with van der Waals surface area (Å²) in [5.41, 5.74) is 4.80. The second-order valence-corrected chi connectivity index (χ2v) is 22.1. The number of hydrogen-bond donors (Lipinski definition) is 1. The largest absolute Gasteiger partial charge is 0.438 e. The molecule has 11 rings (SSSR count). The van der Waals surface area contributed by atoms with Crippen molar-refractivity contribution in [2.45, 2.75) is 70.9 Å². The van der Waals surface area contributed by atoms with E-state index in [1.165, 1.54) is 5.56 Å². The van der Waals surface area contributed by atoms with Crippen LogP contribution in [0.15, 0.2) is 87.2 Å². The van der Waals surface area contributed by atoms with Crippen LogP contribution in [0.3, 0.4) is 0 Å². The minimum atomic E-state index is -2.55. The maximum absolute atomic E-state index is 15.5. The van der Waals surface area contributed by atoms with Gasteiger partial charge < -0.3 is 23.7 Å². The van der Waals surface area contributed by atoms with Gasteiger partial charge in [-0.2, -0.15) is 5.10 Å². The fourth-order valence-electron chi connectivity index (χ4n) is 11.0. The van der Waals surface area contributed by atoms with E-state index in [0.29, 0.717) is 96.2 Å². The number of benzene rings is 3. The van der Waals surface area contributed by atoms with Crippen molar-refractivity contribution in [3.63, 3.8) is 0 Å². The first-order valence-electron chi connectivity index (χ1n) is 22.9. The van der Waals surface area contributed by atoms with Gasteiger partial charge in [-0.15, -0.1) is 12.4 Å². The molecule has 1 saturated carbocycles. The Kier molecular flexibility index (Phi) is 11.3. The van der Waals surface area contributed by atoms with Crippen molar-refractivity contribution in [1.82, 2.24) is 43.4 Å². The predicted octanol–water partition coefficient (Wildman–Crippen LogP) is 6.99. The van der Waals surface area contributed by atoms with Gasteiger partial charge in [0.05, 0.1) is 23.1 Å². The highest BCUT2D eigenvalue weighted by Gasteiger charge is 2.59. The number of nitrogens with one attached hydrogen (secondary N) is 1. The fourth-order valence-corrected chi connectivity index (χ4v) is 13.7. The van der Waals surface area contributed by atoms with Crippen LogP contribution in [0.2, 0.25) is 0 Å². The number of fused-ring (bicyclic) bond motifs is 2. The lowest BCUT2D eigenvalue weighted by molar-refractivity contribution is 0.0663. The molecule has 3 atom stereocenters. The Hall–Kier alpha value is -5.80. The Labute approximate surface area is 392 Å². The number of aromatic nitrogens is 7. The first kappa shape index (κ1) is 45.0. The summed E-state index contributed by atoms with van der Waals surface area (Å²) in [4.78, 5) is 49.5. The number of carbonyl (C=O) groups is 1. The summed E-state index contributed by atoms with van der Waals surface area (Å²) in [5.74, 6) is -0.00988. The van der Waals surface area contributed by atoms with Crippen LogP contribution >= 0.6 is 19.5 Å². The van der Waals surface area contributed by atoms with E-state index in [4.69, 9.17) is 14.4 Å². The molecule has 2 saturated heterocycles. The third kappa shape index (κ3) is 7.29. The van der Waals surface area contributed by atoms with E-state index in [1.54, 1.807) is 52.2 Å². The van der Waals surface area contributed by atoms with Crippen molar-refractivity contribution >= 4 is 41.7 Å². The molecule has 0 bridgehead atoms. The van der Waals surface area contributed by atoms with Gasteiger partial charge in [0.25, 0.3) is 5.91 Å². The van der Waals surface area contributed by atoms with Gasteiger partial charge in [-0.3, -0.25) is 23.4 Å². The van der Waals surface area contributed by atoms with Crippen LogP contribution < -0.4 is 16.8 Å². The molecular weight excluding hydrogens is 896 g/mol. The van der Waals surface area contributed by atoms with Gasteiger partial charge in [0.15, 0.2) is 5.82 Å². The SMILES string of the molecule is Cc1cc(-n2nc3c(c2-n2ccn(-c4ccc(P5(=O)CCN(C)CC5)cc4)c2=O)[C@H](C)N(C(=O)c2cc4cc(C5CCOCC5)ccc4n2[C@@]2(c4noc(=O)[nH]4)C[C@@H]2C)CC3)cc(C)c1F.Cl. The maximum Gasteiger partial charge on any atom is 0.438 e. The summed E-state index contributed by atoms with van der Waals surface area (Å²) in [7, 11) is -0.504. The molecule has 4 aliphatic rings. The van der Waals surface area contributed by atoms with Crippen LogP contribution in [0.5, 0.6) is 0 Å². The average Bonchev–Trinajstić information content (AvgIpc) is 3.82. The standard InChI is InChI=1S/C49H53FN9O6P.ClH/c1-29-24-37(25-30(2)43(29)50)59-44(57-17-16-56(48(57)62)36-7-9-38(10-8-36)66(63)22-18-54(5)19-23-66)42-32(4)55(15-12-39(42)52-59)45(60)41-27-35-26-34(33-13-20-64-21-14-33)6-11-40(35)58(41)49(28-31(49)3)46-51-47(61)65-53-46;/h6-11,16-17,24-27,31-33H,12-15,18-23,28H2,1-5H3,(H,51,53,61);1H/t31-,32-,49-;/m0./s1. The van der Waals surface area contributed by atoms with Crippen molar-refractivity contribution in [2.24, 2.45) is 5.92 Å². The normalized spacial score (nSPS) is 21.9. The molecule has 4 aromatic heterocycles. The predicted molar refractivity (Wildman–Crippen MR) is 256 cm³/mol. The molecule has 15 nitrogen and oxygen atoms in total. The lowest BCUT2D eigenvalue weighted by atomic mass is 9.91. The van der Waals surface area contributed by atoms with Gasteiger partial charge >= 0.3 is 11.4 Å². The molecule has 1 amide bonds. The van der Waals surface area contributed by atoms with Gasteiger partial charge in [-0.1, -0.05) is 18.1 Å². The zero-order chi connectivity index (χ0) is 45.8. The van der Waals surface area contributed by atoms with Crippen LogP contribution in [-0.4, -0.2) is 102 Å². The number of rotatable bonds is 8. The maximum atomic E-state index is 15.5. The van der Waals surface area contributed by atoms with Gasteiger partial charge in [0.1, 0.15) is 30.0 Å². The number of halogens is 2. The zero-order valence-electron chi connectivity index (χ0n) is 38.2. The number of aryl methyl sites for hydroxylation is 2. The fraction of sp³-hybridized carbons (Fsp3) is 0.408. The molecule has 3 aromatic carbocycles. The molecule has 0 radical (unpaired) electrons. The summed E-state index contributed by atoms with van der Waals surface area (Å²) >= 11 is 0. The van der Waals surface area contributed by atoms with Crippen molar-refractivity contribution in [3.05, 3.63) is 139 Å². The number of H-pyrrole nitrogens is 1. The quantitative estimate of drug-likeness (QED) is 0.159. The molecule has 0 unspecified atom stereocenters. The molecule has 3 fully saturated rings. The van der Waals surface area contributed by atoms with E-state index in [9.17, 15) is 14.2 Å². The summed E-state index contributed by atoms with van der Waals surface area (Å²) < 4.78 is 46.6. The van der Waals surface area contributed by atoms with E-state index in [2.05, 4.69) is 40.2 Å². The van der Waals surface area contributed by atoms with Gasteiger partial charge in [-0.05, 0) is 130 Å². The Bertz CT molecular complexity index is 3220. The van der Waals surface area contributed by atoms with Crippen LogP contribution in [0.1, 0.15) is 89.3 Å². The van der Waals surface area contributed by atoms with E-state index in [0.717, 1.165) is 47.8 Å². The van der Waals surface area contributed by atoms with Crippen molar-refractivity contribution < 1.29 is 23.0 Å². The first-order chi connectivity index (χ1) is 31.8. The molecular formula is C49H54ClFN9O6P. The average molecular weight is 950 g/mol. The van der Waals surface area contributed by atoms with Gasteiger partial charge in [0.2, 0.25) is 0 Å². The zero-order valence-corrected chi connectivity index (χ0v) is 39.9. The number of imidazole rings is 1. The molecule has 350 valence electrons. The van der Waals surface area contributed by atoms with Gasteiger partial charge in [-0.25, -0.2) is 18.7 Å². The Morgan fingerprint density at radius 3 is 2.25 bits per heavy atom. The molecule has 1 N–H and O–H groups in total. The second kappa shape index (κ2) is 16.8. The third-order valence-electron chi connectivity index (χ3n) is 14.9. The molecule has 18 heteroatoms. The molecule has 0 spiro atoms. The number of carbonyl (C=O) groups excluding carboxylic acids is 1. The highest BCUT2D eigenvalue weighted by atomic mass is 35.5. The van der Waals surface area contributed by atoms with Crippen LogP contribution in [0.25, 0.3) is 28.1 Å². The van der Waals surface area contributed by atoms with Crippen molar-refractivity contribution in [1.29, 1.82) is 0 Å². The number of hydrogen-bond acceptors (Lipinski definition) is 9.